The van der Waals surface area contributed by atoms with E-state index in [2.05, 4.69) is 16.7 Å². The molecular formula is C13H19ClN2. The number of rotatable bonds is 4. The summed E-state index contributed by atoms with van der Waals surface area (Å²) in [5, 5.41) is 7.86. The van der Waals surface area contributed by atoms with Gasteiger partial charge in [0.25, 0.3) is 0 Å². The van der Waals surface area contributed by atoms with Gasteiger partial charge in [-0.2, -0.15) is 0 Å². The summed E-state index contributed by atoms with van der Waals surface area (Å²) >= 11 is 6.11. The van der Waals surface area contributed by atoms with Crippen molar-refractivity contribution in [3.8, 4) is 0 Å². The Bertz CT molecular complexity index is 321. The first-order valence-corrected chi connectivity index (χ1v) is 6.41. The zero-order valence-electron chi connectivity index (χ0n) is 9.51. The van der Waals surface area contributed by atoms with Gasteiger partial charge in [0.2, 0.25) is 0 Å². The van der Waals surface area contributed by atoms with Crippen LogP contribution < -0.4 is 10.6 Å². The number of benzene rings is 1. The molecule has 3 heteroatoms. The summed E-state index contributed by atoms with van der Waals surface area (Å²) < 4.78 is 0. The Kier molecular flexibility index (Phi) is 4.64. The van der Waals surface area contributed by atoms with Crippen molar-refractivity contribution >= 4 is 11.6 Å². The van der Waals surface area contributed by atoms with Crippen molar-refractivity contribution in [1.82, 2.24) is 10.6 Å². The Hall–Kier alpha value is -0.570. The van der Waals surface area contributed by atoms with E-state index in [9.17, 15) is 0 Å². The van der Waals surface area contributed by atoms with Crippen molar-refractivity contribution in [3.05, 3.63) is 34.9 Å². The Morgan fingerprint density at radius 2 is 2.25 bits per heavy atom. The third kappa shape index (κ3) is 3.48. The molecule has 1 heterocycles. The summed E-state index contributed by atoms with van der Waals surface area (Å²) in [6, 6.07) is 8.71. The Balaban J connectivity index is 1.73. The van der Waals surface area contributed by atoms with Gasteiger partial charge in [-0.05, 0) is 44.0 Å². The molecule has 2 rings (SSSR count). The zero-order chi connectivity index (χ0) is 11.2. The summed E-state index contributed by atoms with van der Waals surface area (Å²) in [4.78, 5) is 0. The normalized spacial score (nSPS) is 20.9. The summed E-state index contributed by atoms with van der Waals surface area (Å²) in [6.45, 7) is 3.28. The highest BCUT2D eigenvalue weighted by atomic mass is 35.5. The molecule has 1 aliphatic rings. The van der Waals surface area contributed by atoms with Crippen LogP contribution in [0.25, 0.3) is 0 Å². The molecular weight excluding hydrogens is 220 g/mol. The third-order valence-corrected chi connectivity index (χ3v) is 3.45. The fraction of sp³-hybridized carbons (Fsp3) is 0.538. The predicted molar refractivity (Wildman–Crippen MR) is 69.1 cm³/mol. The van der Waals surface area contributed by atoms with Crippen LogP contribution in [-0.2, 0) is 6.42 Å². The van der Waals surface area contributed by atoms with E-state index in [1.165, 1.54) is 24.9 Å². The molecule has 1 aliphatic heterocycles. The number of hydrogen-bond acceptors (Lipinski definition) is 2. The molecule has 1 unspecified atom stereocenters. The van der Waals surface area contributed by atoms with Gasteiger partial charge in [0.15, 0.2) is 0 Å². The lowest BCUT2D eigenvalue weighted by molar-refractivity contribution is 0.392. The van der Waals surface area contributed by atoms with Crippen LogP contribution >= 0.6 is 11.6 Å². The third-order valence-electron chi connectivity index (χ3n) is 3.08. The molecule has 1 saturated heterocycles. The van der Waals surface area contributed by atoms with Gasteiger partial charge in [-0.3, -0.25) is 0 Å². The summed E-state index contributed by atoms with van der Waals surface area (Å²) in [5.41, 5.74) is 1.24. The first kappa shape index (κ1) is 11.9. The van der Waals surface area contributed by atoms with Crippen molar-refractivity contribution in [2.75, 3.05) is 19.6 Å². The average Bonchev–Trinajstić information content (AvgIpc) is 2.33. The van der Waals surface area contributed by atoms with E-state index in [4.69, 9.17) is 11.6 Å². The van der Waals surface area contributed by atoms with E-state index in [-0.39, 0.29) is 0 Å². The summed E-state index contributed by atoms with van der Waals surface area (Å²) in [5.74, 6) is 0. The lowest BCUT2D eigenvalue weighted by Gasteiger charge is -2.23. The van der Waals surface area contributed by atoms with E-state index in [0.717, 1.165) is 24.5 Å². The molecule has 0 aliphatic carbocycles. The molecule has 2 nitrogen and oxygen atoms in total. The first-order chi connectivity index (χ1) is 7.86. The van der Waals surface area contributed by atoms with Gasteiger partial charge in [0.05, 0.1) is 0 Å². The second-order valence-electron chi connectivity index (χ2n) is 4.34. The van der Waals surface area contributed by atoms with E-state index in [1.54, 1.807) is 0 Å². The van der Waals surface area contributed by atoms with Gasteiger partial charge in [-0.15, -0.1) is 0 Å². The van der Waals surface area contributed by atoms with Crippen molar-refractivity contribution < 1.29 is 0 Å². The van der Waals surface area contributed by atoms with Crippen molar-refractivity contribution in [1.29, 1.82) is 0 Å². The van der Waals surface area contributed by atoms with E-state index in [1.807, 2.05) is 18.2 Å². The van der Waals surface area contributed by atoms with Crippen LogP contribution in [-0.4, -0.2) is 25.7 Å². The Morgan fingerprint density at radius 1 is 1.38 bits per heavy atom. The van der Waals surface area contributed by atoms with Crippen molar-refractivity contribution in [3.63, 3.8) is 0 Å². The minimum atomic E-state index is 0.635. The summed E-state index contributed by atoms with van der Waals surface area (Å²) in [7, 11) is 0. The molecule has 1 aromatic rings. The lowest BCUT2D eigenvalue weighted by Crippen LogP contribution is -2.43. The predicted octanol–water partition coefficient (Wildman–Crippen LogP) is 2.22. The highest BCUT2D eigenvalue weighted by molar-refractivity contribution is 6.31. The molecule has 2 N–H and O–H groups in total. The Morgan fingerprint density at radius 3 is 3.00 bits per heavy atom. The second kappa shape index (κ2) is 6.24. The molecule has 0 bridgehead atoms. The minimum absolute atomic E-state index is 0.635. The molecule has 0 radical (unpaired) electrons. The zero-order valence-corrected chi connectivity index (χ0v) is 10.3. The van der Waals surface area contributed by atoms with Crippen molar-refractivity contribution in [2.45, 2.75) is 25.3 Å². The van der Waals surface area contributed by atoms with Gasteiger partial charge in [-0.1, -0.05) is 29.8 Å². The number of hydrogen-bond donors (Lipinski definition) is 2. The summed E-state index contributed by atoms with van der Waals surface area (Å²) in [6.07, 6.45) is 3.58. The fourth-order valence-electron chi connectivity index (χ4n) is 2.14. The Labute approximate surface area is 102 Å². The van der Waals surface area contributed by atoms with Crippen LogP contribution in [0.5, 0.6) is 0 Å². The molecule has 1 atom stereocenters. The quantitative estimate of drug-likeness (QED) is 0.841. The van der Waals surface area contributed by atoms with Crippen LogP contribution in [0.4, 0.5) is 0 Å². The van der Waals surface area contributed by atoms with Gasteiger partial charge in [0, 0.05) is 17.6 Å². The minimum Gasteiger partial charge on any atom is -0.315 e. The maximum atomic E-state index is 6.11. The van der Waals surface area contributed by atoms with Gasteiger partial charge in [-0.25, -0.2) is 0 Å². The van der Waals surface area contributed by atoms with Gasteiger partial charge in [0.1, 0.15) is 0 Å². The van der Waals surface area contributed by atoms with Gasteiger partial charge >= 0.3 is 0 Å². The van der Waals surface area contributed by atoms with Crippen LogP contribution in [0.2, 0.25) is 5.02 Å². The maximum Gasteiger partial charge on any atom is 0.0438 e. The molecule has 16 heavy (non-hydrogen) atoms. The molecule has 0 aromatic heterocycles. The molecule has 1 aromatic carbocycles. The number of nitrogens with one attached hydrogen (secondary N) is 2. The second-order valence-corrected chi connectivity index (χ2v) is 4.75. The van der Waals surface area contributed by atoms with E-state index in [0.29, 0.717) is 6.04 Å². The lowest BCUT2D eigenvalue weighted by atomic mass is 10.1. The SMILES string of the molecule is Clc1ccccc1CCNC1CCCNC1. The largest absolute Gasteiger partial charge is 0.315 e. The topological polar surface area (TPSA) is 24.1 Å². The molecule has 0 saturated carbocycles. The highest BCUT2D eigenvalue weighted by Crippen LogP contribution is 2.15. The number of piperidine rings is 1. The maximum absolute atomic E-state index is 6.11. The van der Waals surface area contributed by atoms with Crippen LogP contribution in [0.15, 0.2) is 24.3 Å². The average molecular weight is 239 g/mol. The monoisotopic (exact) mass is 238 g/mol. The number of halogens is 1. The van der Waals surface area contributed by atoms with E-state index >= 15 is 0 Å². The standard InChI is InChI=1S/C13H19ClN2/c14-13-6-2-1-4-11(13)7-9-16-12-5-3-8-15-10-12/h1-2,4,6,12,15-16H,3,5,7-10H2. The molecule has 88 valence electrons. The first-order valence-electron chi connectivity index (χ1n) is 6.04. The molecule has 1 fully saturated rings. The van der Waals surface area contributed by atoms with Crippen LogP contribution in [0.3, 0.4) is 0 Å². The highest BCUT2D eigenvalue weighted by Gasteiger charge is 2.11. The van der Waals surface area contributed by atoms with Gasteiger partial charge < -0.3 is 10.6 Å². The van der Waals surface area contributed by atoms with Crippen LogP contribution in [0.1, 0.15) is 18.4 Å². The van der Waals surface area contributed by atoms with Crippen LogP contribution in [0, 0.1) is 0 Å². The molecule has 0 amide bonds. The molecule has 0 spiro atoms. The smallest absolute Gasteiger partial charge is 0.0438 e. The van der Waals surface area contributed by atoms with E-state index < -0.39 is 0 Å². The van der Waals surface area contributed by atoms with Crippen molar-refractivity contribution in [2.24, 2.45) is 0 Å². The fourth-order valence-corrected chi connectivity index (χ4v) is 2.37.